The highest BCUT2D eigenvalue weighted by Gasteiger charge is 2.01. The van der Waals surface area contributed by atoms with Gasteiger partial charge < -0.3 is 4.74 Å². The van der Waals surface area contributed by atoms with Gasteiger partial charge in [-0.1, -0.05) is 54.9 Å². The number of aryl methyl sites for hydroxylation is 1. The van der Waals surface area contributed by atoms with Gasteiger partial charge in [-0.25, -0.2) is 0 Å². The van der Waals surface area contributed by atoms with Gasteiger partial charge in [0.05, 0.1) is 0 Å². The Labute approximate surface area is 107 Å². The molecule has 0 saturated carbocycles. The summed E-state index contributed by atoms with van der Waals surface area (Å²) >= 11 is 6.13. The van der Waals surface area contributed by atoms with E-state index in [2.05, 4.69) is 6.92 Å². The van der Waals surface area contributed by atoms with Gasteiger partial charge in [-0.2, -0.15) is 0 Å². The summed E-state index contributed by atoms with van der Waals surface area (Å²) in [5.74, 6) is 0.816. The molecule has 2 rings (SSSR count). The van der Waals surface area contributed by atoms with Crippen LogP contribution in [0.15, 0.2) is 48.5 Å². The Morgan fingerprint density at radius 3 is 2.47 bits per heavy atom. The van der Waals surface area contributed by atoms with E-state index in [0.29, 0.717) is 6.61 Å². The molecule has 0 aliphatic carbocycles. The second-order valence-electron chi connectivity index (χ2n) is 3.88. The lowest BCUT2D eigenvalue weighted by atomic mass is 10.1. The molecule has 0 aliphatic rings. The van der Waals surface area contributed by atoms with E-state index < -0.39 is 0 Å². The molecule has 0 aliphatic heterocycles. The second-order valence-corrected chi connectivity index (χ2v) is 4.29. The number of halogens is 1. The normalized spacial score (nSPS) is 10.2. The molecule has 0 atom stereocenters. The van der Waals surface area contributed by atoms with Crippen LogP contribution in [-0.2, 0) is 13.0 Å². The van der Waals surface area contributed by atoms with Crippen LogP contribution in [0.4, 0.5) is 0 Å². The van der Waals surface area contributed by atoms with Crippen molar-refractivity contribution in [3.63, 3.8) is 0 Å². The van der Waals surface area contributed by atoms with Crippen molar-refractivity contribution >= 4 is 11.6 Å². The average molecular weight is 247 g/mol. The Kier molecular flexibility index (Phi) is 4.05. The van der Waals surface area contributed by atoms with Gasteiger partial charge in [0.2, 0.25) is 0 Å². The summed E-state index contributed by atoms with van der Waals surface area (Å²) in [6, 6.07) is 16.0. The third-order valence-electron chi connectivity index (χ3n) is 2.65. The van der Waals surface area contributed by atoms with Crippen molar-refractivity contribution in [2.75, 3.05) is 0 Å². The molecule has 0 unspecified atom stereocenters. The van der Waals surface area contributed by atoms with Crippen LogP contribution in [0.5, 0.6) is 5.75 Å². The molecule has 0 radical (unpaired) electrons. The highest BCUT2D eigenvalue weighted by molar-refractivity contribution is 6.31. The molecule has 2 heteroatoms. The number of hydrogen-bond donors (Lipinski definition) is 0. The number of ether oxygens (including phenoxy) is 1. The van der Waals surface area contributed by atoms with E-state index in [1.54, 1.807) is 0 Å². The first-order valence-electron chi connectivity index (χ1n) is 5.74. The first kappa shape index (κ1) is 12.0. The summed E-state index contributed by atoms with van der Waals surface area (Å²) in [7, 11) is 0. The van der Waals surface area contributed by atoms with E-state index >= 15 is 0 Å². The molecule has 0 fully saturated rings. The number of rotatable bonds is 4. The lowest BCUT2D eigenvalue weighted by molar-refractivity contribution is 0.306. The van der Waals surface area contributed by atoms with Gasteiger partial charge in [0.25, 0.3) is 0 Å². The SMILES string of the molecule is CCc1ccc(OCc2ccccc2)cc1Cl. The fourth-order valence-corrected chi connectivity index (χ4v) is 1.95. The zero-order valence-electron chi connectivity index (χ0n) is 9.82. The van der Waals surface area contributed by atoms with Crippen LogP contribution in [0.3, 0.4) is 0 Å². The zero-order valence-corrected chi connectivity index (χ0v) is 10.6. The van der Waals surface area contributed by atoms with Gasteiger partial charge in [0.15, 0.2) is 0 Å². The summed E-state index contributed by atoms with van der Waals surface area (Å²) in [4.78, 5) is 0. The summed E-state index contributed by atoms with van der Waals surface area (Å²) in [6.07, 6.45) is 0.942. The molecule has 1 nitrogen and oxygen atoms in total. The van der Waals surface area contributed by atoms with Crippen LogP contribution in [-0.4, -0.2) is 0 Å². The van der Waals surface area contributed by atoms with Crippen LogP contribution in [0, 0.1) is 0 Å². The topological polar surface area (TPSA) is 9.23 Å². The maximum absolute atomic E-state index is 6.13. The van der Waals surface area contributed by atoms with Crippen molar-refractivity contribution in [2.45, 2.75) is 20.0 Å². The molecule has 0 saturated heterocycles. The quantitative estimate of drug-likeness (QED) is 0.773. The lowest BCUT2D eigenvalue weighted by Gasteiger charge is -2.08. The van der Waals surface area contributed by atoms with Gasteiger partial charge in [0.1, 0.15) is 12.4 Å². The third-order valence-corrected chi connectivity index (χ3v) is 3.01. The van der Waals surface area contributed by atoms with E-state index in [1.165, 1.54) is 0 Å². The minimum atomic E-state index is 0.572. The summed E-state index contributed by atoms with van der Waals surface area (Å²) in [5, 5.41) is 0.776. The van der Waals surface area contributed by atoms with Crippen molar-refractivity contribution in [2.24, 2.45) is 0 Å². The minimum Gasteiger partial charge on any atom is -0.489 e. The van der Waals surface area contributed by atoms with E-state index in [9.17, 15) is 0 Å². The first-order chi connectivity index (χ1) is 8.29. The van der Waals surface area contributed by atoms with Crippen molar-refractivity contribution in [1.29, 1.82) is 0 Å². The van der Waals surface area contributed by atoms with Gasteiger partial charge in [-0.05, 0) is 29.7 Å². The van der Waals surface area contributed by atoms with E-state index in [4.69, 9.17) is 16.3 Å². The van der Waals surface area contributed by atoms with Crippen LogP contribution >= 0.6 is 11.6 Å². The Balaban J connectivity index is 2.02. The molecule has 0 bridgehead atoms. The second kappa shape index (κ2) is 5.74. The maximum Gasteiger partial charge on any atom is 0.121 e. The lowest BCUT2D eigenvalue weighted by Crippen LogP contribution is -1.95. The molecule has 2 aromatic carbocycles. The molecule has 0 spiro atoms. The highest BCUT2D eigenvalue weighted by atomic mass is 35.5. The largest absolute Gasteiger partial charge is 0.489 e. The van der Waals surface area contributed by atoms with Gasteiger partial charge in [0, 0.05) is 5.02 Å². The van der Waals surface area contributed by atoms with E-state index in [1.807, 2.05) is 48.5 Å². The zero-order chi connectivity index (χ0) is 12.1. The molecule has 88 valence electrons. The van der Waals surface area contributed by atoms with Crippen molar-refractivity contribution in [3.05, 3.63) is 64.7 Å². The smallest absolute Gasteiger partial charge is 0.121 e. The molecular formula is C15H15ClO. The molecule has 0 aromatic heterocycles. The third kappa shape index (κ3) is 3.24. The first-order valence-corrected chi connectivity index (χ1v) is 6.12. The van der Waals surface area contributed by atoms with Crippen LogP contribution in [0.25, 0.3) is 0 Å². The monoisotopic (exact) mass is 246 g/mol. The van der Waals surface area contributed by atoms with E-state index in [-0.39, 0.29) is 0 Å². The highest BCUT2D eigenvalue weighted by Crippen LogP contribution is 2.23. The van der Waals surface area contributed by atoms with Gasteiger partial charge in [-0.3, -0.25) is 0 Å². The fraction of sp³-hybridized carbons (Fsp3) is 0.200. The summed E-state index contributed by atoms with van der Waals surface area (Å²) < 4.78 is 5.69. The molecule has 0 heterocycles. The Hall–Kier alpha value is -1.47. The number of hydrogen-bond acceptors (Lipinski definition) is 1. The minimum absolute atomic E-state index is 0.572. The molecule has 17 heavy (non-hydrogen) atoms. The predicted octanol–water partition coefficient (Wildman–Crippen LogP) is 4.48. The molecule has 0 amide bonds. The Morgan fingerprint density at radius 1 is 1.06 bits per heavy atom. The fourth-order valence-electron chi connectivity index (χ4n) is 1.65. The van der Waals surface area contributed by atoms with Crippen molar-refractivity contribution in [1.82, 2.24) is 0 Å². The average Bonchev–Trinajstić information content (AvgIpc) is 2.38. The standard InChI is InChI=1S/C15H15ClO/c1-2-13-8-9-14(10-15(13)16)17-11-12-6-4-3-5-7-12/h3-10H,2,11H2,1H3. The van der Waals surface area contributed by atoms with Crippen LogP contribution < -0.4 is 4.74 Å². The van der Waals surface area contributed by atoms with E-state index in [0.717, 1.165) is 28.3 Å². The van der Waals surface area contributed by atoms with Gasteiger partial charge >= 0.3 is 0 Å². The predicted molar refractivity (Wildman–Crippen MR) is 71.6 cm³/mol. The molecule has 0 N–H and O–H groups in total. The van der Waals surface area contributed by atoms with Crippen molar-refractivity contribution in [3.8, 4) is 5.75 Å². The van der Waals surface area contributed by atoms with Crippen LogP contribution in [0.2, 0.25) is 5.02 Å². The summed E-state index contributed by atoms with van der Waals surface area (Å²) in [5.41, 5.74) is 2.31. The van der Waals surface area contributed by atoms with Crippen molar-refractivity contribution < 1.29 is 4.74 Å². The van der Waals surface area contributed by atoms with Gasteiger partial charge in [-0.15, -0.1) is 0 Å². The molecular weight excluding hydrogens is 232 g/mol. The summed E-state index contributed by atoms with van der Waals surface area (Å²) in [6.45, 7) is 2.66. The van der Waals surface area contributed by atoms with Crippen LogP contribution in [0.1, 0.15) is 18.1 Å². The maximum atomic E-state index is 6.13. The Morgan fingerprint density at radius 2 is 1.82 bits per heavy atom. The number of benzene rings is 2. The Bertz CT molecular complexity index is 480. The molecule has 2 aromatic rings.